The zero-order valence-corrected chi connectivity index (χ0v) is 13.8. The van der Waals surface area contributed by atoms with Gasteiger partial charge in [0.2, 0.25) is 0 Å². The van der Waals surface area contributed by atoms with Crippen LogP contribution in [-0.2, 0) is 9.47 Å². The summed E-state index contributed by atoms with van der Waals surface area (Å²) in [5.74, 6) is -0.312. The largest absolute Gasteiger partial charge is 0.465 e. The van der Waals surface area contributed by atoms with Gasteiger partial charge in [-0.25, -0.2) is 4.79 Å². The minimum Gasteiger partial charge on any atom is -0.465 e. The number of hydrogen-bond donors (Lipinski definition) is 0. The summed E-state index contributed by atoms with van der Waals surface area (Å²) in [6.07, 6.45) is 0.909. The Morgan fingerprint density at radius 2 is 1.90 bits per heavy atom. The number of esters is 1. The number of hydrogen-bond acceptors (Lipinski definition) is 4. The average molecular weight is 291 g/mol. The Bertz CT molecular complexity index is 537. The molecule has 0 radical (unpaired) electrons. The van der Waals surface area contributed by atoms with Gasteiger partial charge in [-0.05, 0) is 46.2 Å². The number of carbonyl (C=O) groups is 1. The highest BCUT2D eigenvalue weighted by Gasteiger charge is 2.48. The molecule has 0 aromatic heterocycles. The van der Waals surface area contributed by atoms with Crippen molar-refractivity contribution in [3.63, 3.8) is 0 Å². The van der Waals surface area contributed by atoms with E-state index in [-0.39, 0.29) is 23.2 Å². The van der Waals surface area contributed by atoms with Crippen LogP contribution in [0.4, 0.5) is 5.69 Å². The number of benzene rings is 1. The summed E-state index contributed by atoms with van der Waals surface area (Å²) in [7, 11) is 3.42. The summed E-state index contributed by atoms with van der Waals surface area (Å²) in [4.78, 5) is 14.1. The number of nitrogens with zero attached hydrogens (tertiary/aromatic N) is 1. The van der Waals surface area contributed by atoms with E-state index in [9.17, 15) is 4.79 Å². The van der Waals surface area contributed by atoms with Crippen LogP contribution in [0.5, 0.6) is 0 Å². The molecule has 21 heavy (non-hydrogen) atoms. The van der Waals surface area contributed by atoms with E-state index < -0.39 is 0 Å². The number of rotatable bonds is 3. The molecule has 1 atom stereocenters. The molecule has 0 saturated carbocycles. The van der Waals surface area contributed by atoms with E-state index in [2.05, 4.69) is 32.6 Å². The number of likely N-dealkylation sites (N-methyl/N-ethyl adjacent to an activating group) is 1. The molecule has 4 heteroatoms. The minimum absolute atomic E-state index is 0.164. The quantitative estimate of drug-likeness (QED) is 0.801. The normalized spacial score (nSPS) is 22.9. The highest BCUT2D eigenvalue weighted by atomic mass is 16.5. The van der Waals surface area contributed by atoms with Gasteiger partial charge in [-0.15, -0.1) is 0 Å². The van der Waals surface area contributed by atoms with Gasteiger partial charge >= 0.3 is 5.97 Å². The van der Waals surface area contributed by atoms with Crippen LogP contribution in [0.25, 0.3) is 0 Å². The molecular weight excluding hydrogens is 266 g/mol. The van der Waals surface area contributed by atoms with Gasteiger partial charge in [0.05, 0.1) is 35.6 Å². The summed E-state index contributed by atoms with van der Waals surface area (Å²) in [5, 5.41) is 0. The molecule has 0 aliphatic carbocycles. The predicted molar refractivity (Wildman–Crippen MR) is 83.8 cm³/mol. The van der Waals surface area contributed by atoms with Gasteiger partial charge in [-0.3, -0.25) is 0 Å². The highest BCUT2D eigenvalue weighted by molar-refractivity contribution is 5.95. The van der Waals surface area contributed by atoms with Crippen molar-refractivity contribution in [1.82, 2.24) is 0 Å². The van der Waals surface area contributed by atoms with Crippen molar-refractivity contribution in [3.8, 4) is 0 Å². The number of methoxy groups -OCH3 is 1. The van der Waals surface area contributed by atoms with Gasteiger partial charge in [-0.1, -0.05) is 12.1 Å². The second-order valence-corrected chi connectivity index (χ2v) is 6.80. The van der Waals surface area contributed by atoms with Crippen LogP contribution in [0.2, 0.25) is 0 Å². The van der Waals surface area contributed by atoms with Gasteiger partial charge in [0.25, 0.3) is 0 Å². The molecule has 1 fully saturated rings. The number of para-hydroxylation sites is 1. The zero-order valence-electron chi connectivity index (χ0n) is 13.8. The Hall–Kier alpha value is -1.55. The zero-order chi connectivity index (χ0) is 15.8. The van der Waals surface area contributed by atoms with Crippen LogP contribution in [0.15, 0.2) is 24.3 Å². The maximum absolute atomic E-state index is 12.0. The van der Waals surface area contributed by atoms with Gasteiger partial charge in [0, 0.05) is 7.05 Å². The summed E-state index contributed by atoms with van der Waals surface area (Å²) in [5.41, 5.74) is 1.02. The Morgan fingerprint density at radius 1 is 1.29 bits per heavy atom. The van der Waals surface area contributed by atoms with Crippen LogP contribution in [0.1, 0.15) is 44.5 Å². The van der Waals surface area contributed by atoms with Crippen molar-refractivity contribution in [2.24, 2.45) is 0 Å². The maximum Gasteiger partial charge on any atom is 0.339 e. The topological polar surface area (TPSA) is 38.8 Å². The number of anilines is 1. The Morgan fingerprint density at radius 3 is 2.43 bits per heavy atom. The SMILES string of the molecule is COC(=O)c1ccccc1N(C)C1CC(C)(C)OC1(C)C. The third-order valence-corrected chi connectivity index (χ3v) is 4.18. The van der Waals surface area contributed by atoms with Crippen molar-refractivity contribution >= 4 is 11.7 Å². The molecule has 1 aromatic carbocycles. The molecule has 2 rings (SSSR count). The molecule has 0 N–H and O–H groups in total. The van der Waals surface area contributed by atoms with Crippen molar-refractivity contribution < 1.29 is 14.3 Å². The predicted octanol–water partition coefficient (Wildman–Crippen LogP) is 3.26. The lowest BCUT2D eigenvalue weighted by Crippen LogP contribution is -2.45. The van der Waals surface area contributed by atoms with Crippen molar-refractivity contribution in [2.45, 2.75) is 51.4 Å². The van der Waals surface area contributed by atoms with Crippen LogP contribution >= 0.6 is 0 Å². The number of ether oxygens (including phenoxy) is 2. The monoisotopic (exact) mass is 291 g/mol. The Kier molecular flexibility index (Phi) is 4.02. The molecular formula is C17H25NO3. The van der Waals surface area contributed by atoms with Gasteiger partial charge < -0.3 is 14.4 Å². The summed E-state index contributed by atoms with van der Waals surface area (Å²) >= 11 is 0. The van der Waals surface area contributed by atoms with Gasteiger partial charge in [-0.2, -0.15) is 0 Å². The first kappa shape index (κ1) is 15.8. The first-order valence-electron chi connectivity index (χ1n) is 7.28. The first-order valence-corrected chi connectivity index (χ1v) is 7.28. The van der Waals surface area contributed by atoms with Crippen LogP contribution in [0, 0.1) is 0 Å². The van der Waals surface area contributed by atoms with E-state index in [1.54, 1.807) is 6.07 Å². The molecule has 1 saturated heterocycles. The maximum atomic E-state index is 12.0. The fourth-order valence-electron chi connectivity index (χ4n) is 3.37. The molecule has 0 amide bonds. The molecule has 1 unspecified atom stereocenters. The highest BCUT2D eigenvalue weighted by Crippen LogP contribution is 2.41. The fraction of sp³-hybridized carbons (Fsp3) is 0.588. The molecule has 1 heterocycles. The van der Waals surface area contributed by atoms with Crippen LogP contribution in [-0.4, -0.2) is 37.4 Å². The lowest BCUT2D eigenvalue weighted by atomic mass is 9.92. The van der Waals surface area contributed by atoms with E-state index in [1.807, 2.05) is 25.2 Å². The number of carbonyl (C=O) groups excluding carboxylic acids is 1. The molecule has 116 valence electrons. The van der Waals surface area contributed by atoms with Crippen molar-refractivity contribution in [1.29, 1.82) is 0 Å². The van der Waals surface area contributed by atoms with E-state index in [4.69, 9.17) is 9.47 Å². The van der Waals surface area contributed by atoms with Crippen molar-refractivity contribution in [3.05, 3.63) is 29.8 Å². The van der Waals surface area contributed by atoms with Crippen LogP contribution < -0.4 is 4.90 Å². The second kappa shape index (κ2) is 5.34. The summed E-state index contributed by atoms with van der Waals surface area (Å²) in [6.45, 7) is 8.41. The van der Waals surface area contributed by atoms with Crippen LogP contribution in [0.3, 0.4) is 0 Å². The third kappa shape index (κ3) is 3.05. The van der Waals surface area contributed by atoms with E-state index in [0.29, 0.717) is 5.56 Å². The molecule has 4 nitrogen and oxygen atoms in total. The minimum atomic E-state index is -0.312. The van der Waals surface area contributed by atoms with E-state index >= 15 is 0 Å². The molecule has 1 aliphatic rings. The average Bonchev–Trinajstić information content (AvgIpc) is 2.65. The standard InChI is InChI=1S/C17H25NO3/c1-16(2)11-14(17(3,4)21-16)18(5)13-10-8-7-9-12(13)15(19)20-6/h7-10,14H,11H2,1-6H3. The van der Waals surface area contributed by atoms with Crippen molar-refractivity contribution in [2.75, 3.05) is 19.1 Å². The lowest BCUT2D eigenvalue weighted by Gasteiger charge is -2.35. The molecule has 1 aliphatic heterocycles. The third-order valence-electron chi connectivity index (χ3n) is 4.18. The first-order chi connectivity index (χ1) is 9.68. The van der Waals surface area contributed by atoms with E-state index in [1.165, 1.54) is 7.11 Å². The van der Waals surface area contributed by atoms with E-state index in [0.717, 1.165) is 12.1 Å². The second-order valence-electron chi connectivity index (χ2n) is 6.80. The Balaban J connectivity index is 2.37. The fourth-order valence-corrected chi connectivity index (χ4v) is 3.37. The molecule has 0 bridgehead atoms. The molecule has 0 spiro atoms. The molecule has 1 aromatic rings. The summed E-state index contributed by atoms with van der Waals surface area (Å²) < 4.78 is 11.0. The van der Waals surface area contributed by atoms with Gasteiger partial charge in [0.15, 0.2) is 0 Å². The smallest absolute Gasteiger partial charge is 0.339 e. The van der Waals surface area contributed by atoms with Gasteiger partial charge in [0.1, 0.15) is 0 Å². The Labute approximate surface area is 127 Å². The lowest BCUT2D eigenvalue weighted by molar-refractivity contribution is -0.0676. The summed E-state index contributed by atoms with van der Waals surface area (Å²) in [6, 6.07) is 7.73.